The highest BCUT2D eigenvalue weighted by Crippen LogP contribution is 2.15. The Hall–Kier alpha value is -2.90. The van der Waals surface area contributed by atoms with E-state index in [4.69, 9.17) is 9.47 Å². The number of rotatable bonds is 10. The van der Waals surface area contributed by atoms with Gasteiger partial charge in [0.1, 0.15) is 12.4 Å². The van der Waals surface area contributed by atoms with Crippen molar-refractivity contribution in [2.45, 2.75) is 25.4 Å². The molecule has 7 nitrogen and oxygen atoms in total. The predicted octanol–water partition coefficient (Wildman–Crippen LogP) is 2.22. The lowest BCUT2D eigenvalue weighted by Crippen LogP contribution is -2.38. The van der Waals surface area contributed by atoms with Gasteiger partial charge in [-0.2, -0.15) is 0 Å². The summed E-state index contributed by atoms with van der Waals surface area (Å²) in [7, 11) is 2.13. The fourth-order valence-corrected chi connectivity index (χ4v) is 3.48. The first kappa shape index (κ1) is 22.8. The van der Waals surface area contributed by atoms with E-state index in [2.05, 4.69) is 22.6 Å². The highest BCUT2D eigenvalue weighted by Gasteiger charge is 2.18. The lowest BCUT2D eigenvalue weighted by atomic mass is 10.1. The molecule has 2 aromatic rings. The lowest BCUT2D eigenvalue weighted by molar-refractivity contribution is -0.120. The second-order valence-corrected chi connectivity index (χ2v) is 7.65. The molecule has 31 heavy (non-hydrogen) atoms. The van der Waals surface area contributed by atoms with Crippen LogP contribution in [-0.4, -0.2) is 62.7 Å². The van der Waals surface area contributed by atoms with Crippen LogP contribution in [0.1, 0.15) is 28.8 Å². The van der Waals surface area contributed by atoms with Crippen LogP contribution in [0.25, 0.3) is 0 Å². The third kappa shape index (κ3) is 7.70. The Morgan fingerprint density at radius 2 is 1.84 bits per heavy atom. The van der Waals surface area contributed by atoms with Crippen LogP contribution in [0, 0.1) is 0 Å². The van der Waals surface area contributed by atoms with Gasteiger partial charge in [0.2, 0.25) is 5.91 Å². The molecule has 166 valence electrons. The van der Waals surface area contributed by atoms with Crippen LogP contribution in [0.2, 0.25) is 0 Å². The standard InChI is InChI=1S/C24H31N3O4/c1-27(21-10-13-30-14-11-21)12-15-31-22-9-5-6-19(16-22)17-25-23(28)18-26-24(29)20-7-3-2-4-8-20/h2-9,16,21H,10-15,17-18H2,1H3,(H,25,28)(H,26,29). The minimum atomic E-state index is -0.267. The number of nitrogens with zero attached hydrogens (tertiary/aromatic N) is 1. The first-order valence-electron chi connectivity index (χ1n) is 10.7. The van der Waals surface area contributed by atoms with Gasteiger partial charge in [-0.1, -0.05) is 30.3 Å². The molecule has 7 heteroatoms. The molecule has 2 amide bonds. The second-order valence-electron chi connectivity index (χ2n) is 7.65. The molecule has 0 aliphatic carbocycles. The van der Waals surface area contributed by atoms with Crippen LogP contribution in [0.3, 0.4) is 0 Å². The summed E-state index contributed by atoms with van der Waals surface area (Å²) in [6.07, 6.45) is 2.13. The van der Waals surface area contributed by atoms with Crippen molar-refractivity contribution in [3.63, 3.8) is 0 Å². The Morgan fingerprint density at radius 3 is 2.61 bits per heavy atom. The lowest BCUT2D eigenvalue weighted by Gasteiger charge is -2.31. The fraction of sp³-hybridized carbons (Fsp3) is 0.417. The summed E-state index contributed by atoms with van der Waals surface area (Å²) in [5.74, 6) is 0.273. The Morgan fingerprint density at radius 1 is 1.06 bits per heavy atom. The maximum Gasteiger partial charge on any atom is 0.251 e. The molecule has 0 aromatic heterocycles. The fourth-order valence-electron chi connectivity index (χ4n) is 3.48. The van der Waals surface area contributed by atoms with Crippen LogP contribution < -0.4 is 15.4 Å². The van der Waals surface area contributed by atoms with Gasteiger partial charge in [-0.25, -0.2) is 0 Å². The number of carbonyl (C=O) groups excluding carboxylic acids is 2. The summed E-state index contributed by atoms with van der Waals surface area (Å²) < 4.78 is 11.3. The van der Waals surface area contributed by atoms with Gasteiger partial charge in [0.15, 0.2) is 0 Å². The predicted molar refractivity (Wildman–Crippen MR) is 119 cm³/mol. The van der Waals surface area contributed by atoms with E-state index in [1.165, 1.54) is 0 Å². The normalized spacial score (nSPS) is 14.3. The Balaban J connectivity index is 1.36. The van der Waals surface area contributed by atoms with E-state index in [1.807, 2.05) is 30.3 Å². The maximum atomic E-state index is 12.1. The van der Waals surface area contributed by atoms with Gasteiger partial charge in [-0.15, -0.1) is 0 Å². The van der Waals surface area contributed by atoms with E-state index in [-0.39, 0.29) is 18.4 Å². The van der Waals surface area contributed by atoms with Gasteiger partial charge in [-0.3, -0.25) is 14.5 Å². The molecule has 1 aliphatic heterocycles. The van der Waals surface area contributed by atoms with Gasteiger partial charge >= 0.3 is 0 Å². The molecule has 0 spiro atoms. The first-order chi connectivity index (χ1) is 15.1. The van der Waals surface area contributed by atoms with Crippen LogP contribution >= 0.6 is 0 Å². The average molecular weight is 426 g/mol. The van der Waals surface area contributed by atoms with E-state index in [9.17, 15) is 9.59 Å². The third-order valence-corrected chi connectivity index (χ3v) is 5.36. The van der Waals surface area contributed by atoms with Gasteiger partial charge in [0, 0.05) is 37.9 Å². The molecule has 0 unspecified atom stereocenters. The Labute approximate surface area is 183 Å². The van der Waals surface area contributed by atoms with Crippen molar-refractivity contribution in [2.75, 3.05) is 40.0 Å². The quantitative estimate of drug-likeness (QED) is 0.610. The molecule has 0 radical (unpaired) electrons. The summed E-state index contributed by atoms with van der Waals surface area (Å²) in [4.78, 5) is 26.4. The molecule has 0 bridgehead atoms. The molecule has 1 fully saturated rings. The highest BCUT2D eigenvalue weighted by molar-refractivity contribution is 5.96. The number of nitrogens with one attached hydrogen (secondary N) is 2. The summed E-state index contributed by atoms with van der Waals surface area (Å²) in [5, 5.41) is 5.44. The SMILES string of the molecule is CN(CCOc1cccc(CNC(=O)CNC(=O)c2ccccc2)c1)C1CCOCC1. The van der Waals surface area contributed by atoms with Crippen LogP contribution in [0.4, 0.5) is 0 Å². The van der Waals surface area contributed by atoms with Crippen molar-refractivity contribution in [3.05, 3.63) is 65.7 Å². The van der Waals surface area contributed by atoms with Crippen LogP contribution in [0.5, 0.6) is 5.75 Å². The number of amides is 2. The molecule has 1 saturated heterocycles. The van der Waals surface area contributed by atoms with Crippen LogP contribution in [-0.2, 0) is 16.1 Å². The van der Waals surface area contributed by atoms with Crippen molar-refractivity contribution in [3.8, 4) is 5.75 Å². The minimum Gasteiger partial charge on any atom is -0.492 e. The number of ether oxygens (including phenoxy) is 2. The van der Waals surface area contributed by atoms with E-state index >= 15 is 0 Å². The summed E-state index contributed by atoms with van der Waals surface area (Å²) in [6.45, 7) is 3.43. The Bertz CT molecular complexity index is 838. The number of likely N-dealkylation sites (N-methyl/N-ethyl adjacent to an activating group) is 1. The number of benzene rings is 2. The van der Waals surface area contributed by atoms with E-state index in [0.29, 0.717) is 24.8 Å². The molecule has 1 aliphatic rings. The van der Waals surface area contributed by atoms with Crippen molar-refractivity contribution in [1.82, 2.24) is 15.5 Å². The number of hydrogen-bond donors (Lipinski definition) is 2. The largest absolute Gasteiger partial charge is 0.492 e. The molecular formula is C24H31N3O4. The van der Waals surface area contributed by atoms with Gasteiger partial charge in [0.25, 0.3) is 5.91 Å². The highest BCUT2D eigenvalue weighted by atomic mass is 16.5. The van der Waals surface area contributed by atoms with Crippen molar-refractivity contribution < 1.29 is 19.1 Å². The smallest absolute Gasteiger partial charge is 0.251 e. The summed E-state index contributed by atoms with van der Waals surface area (Å²) in [5.41, 5.74) is 1.47. The molecule has 0 atom stereocenters. The molecule has 2 N–H and O–H groups in total. The Kier molecular flexibility index (Phi) is 8.87. The number of hydrogen-bond acceptors (Lipinski definition) is 5. The molecule has 0 saturated carbocycles. The van der Waals surface area contributed by atoms with Crippen molar-refractivity contribution in [2.24, 2.45) is 0 Å². The molecule has 1 heterocycles. The zero-order valence-electron chi connectivity index (χ0n) is 18.0. The molecule has 2 aromatic carbocycles. The molecule has 3 rings (SSSR count). The minimum absolute atomic E-state index is 0.0670. The van der Waals surface area contributed by atoms with Gasteiger partial charge in [0.05, 0.1) is 6.54 Å². The van der Waals surface area contributed by atoms with Crippen molar-refractivity contribution >= 4 is 11.8 Å². The first-order valence-corrected chi connectivity index (χ1v) is 10.7. The number of carbonyl (C=O) groups is 2. The maximum absolute atomic E-state index is 12.1. The molecular weight excluding hydrogens is 394 g/mol. The topological polar surface area (TPSA) is 79.9 Å². The van der Waals surface area contributed by atoms with Gasteiger partial charge in [-0.05, 0) is 49.7 Å². The third-order valence-electron chi connectivity index (χ3n) is 5.36. The monoisotopic (exact) mass is 425 g/mol. The van der Waals surface area contributed by atoms with Crippen LogP contribution in [0.15, 0.2) is 54.6 Å². The summed E-state index contributed by atoms with van der Waals surface area (Å²) >= 11 is 0. The van der Waals surface area contributed by atoms with E-state index < -0.39 is 0 Å². The zero-order valence-corrected chi connectivity index (χ0v) is 18.0. The van der Waals surface area contributed by atoms with Gasteiger partial charge < -0.3 is 20.1 Å². The second kappa shape index (κ2) is 12.1. The van der Waals surface area contributed by atoms with E-state index in [1.54, 1.807) is 24.3 Å². The average Bonchev–Trinajstić information content (AvgIpc) is 2.82. The zero-order chi connectivity index (χ0) is 21.9. The van der Waals surface area contributed by atoms with Crippen molar-refractivity contribution in [1.29, 1.82) is 0 Å². The summed E-state index contributed by atoms with van der Waals surface area (Å²) in [6, 6.07) is 17.1. The van der Waals surface area contributed by atoms with E-state index in [0.717, 1.165) is 43.9 Å².